The predicted octanol–water partition coefficient (Wildman–Crippen LogP) is 1.46. The van der Waals surface area contributed by atoms with E-state index in [0.29, 0.717) is 24.0 Å². The third-order valence-corrected chi connectivity index (χ3v) is 5.44. The van der Waals surface area contributed by atoms with E-state index in [2.05, 4.69) is 29.0 Å². The van der Waals surface area contributed by atoms with Crippen molar-refractivity contribution in [3.63, 3.8) is 0 Å². The number of rotatable bonds is 1. The van der Waals surface area contributed by atoms with Gasteiger partial charge >= 0.3 is 0 Å². The van der Waals surface area contributed by atoms with Crippen LogP contribution in [-0.2, 0) is 4.79 Å². The van der Waals surface area contributed by atoms with Gasteiger partial charge in [-0.3, -0.25) is 9.69 Å². The largest absolute Gasteiger partial charge is 0.337 e. The minimum Gasteiger partial charge on any atom is -0.337 e. The Balaban J connectivity index is 1.64. The van der Waals surface area contributed by atoms with Gasteiger partial charge in [-0.2, -0.15) is 0 Å². The van der Waals surface area contributed by atoms with E-state index < -0.39 is 0 Å². The van der Waals surface area contributed by atoms with E-state index in [0.717, 1.165) is 32.5 Å². The van der Waals surface area contributed by atoms with Gasteiger partial charge in [0.2, 0.25) is 5.91 Å². The summed E-state index contributed by atoms with van der Waals surface area (Å²) in [6.45, 7) is 8.71. The first-order valence-corrected chi connectivity index (χ1v) is 8.43. The highest BCUT2D eigenvalue weighted by molar-refractivity contribution is 5.79. The predicted molar refractivity (Wildman–Crippen MR) is 80.6 cm³/mol. The van der Waals surface area contributed by atoms with Crippen LogP contribution in [0.15, 0.2) is 0 Å². The molecule has 3 aliphatic heterocycles. The summed E-state index contributed by atoms with van der Waals surface area (Å²) >= 11 is 0. The summed E-state index contributed by atoms with van der Waals surface area (Å²) in [5.74, 6) is 0.680. The molecule has 0 radical (unpaired) electrons. The Kier molecular flexibility index (Phi) is 4.32. The molecule has 0 aromatic rings. The molecule has 3 saturated heterocycles. The average Bonchev–Trinajstić information content (AvgIpc) is 2.46. The van der Waals surface area contributed by atoms with Crippen LogP contribution in [0.4, 0.5) is 0 Å². The van der Waals surface area contributed by atoms with Gasteiger partial charge in [0.25, 0.3) is 0 Å². The lowest BCUT2D eigenvalue weighted by atomic mass is 9.90. The molecule has 0 bridgehead atoms. The Labute approximate surface area is 122 Å². The fourth-order valence-electron chi connectivity index (χ4n) is 4.25. The Hall–Kier alpha value is -0.610. The van der Waals surface area contributed by atoms with Crippen LogP contribution in [0.1, 0.15) is 46.0 Å². The van der Waals surface area contributed by atoms with Crippen molar-refractivity contribution in [1.29, 1.82) is 0 Å². The molecule has 0 aromatic carbocycles. The maximum Gasteiger partial charge on any atom is 0.226 e. The van der Waals surface area contributed by atoms with Crippen molar-refractivity contribution < 1.29 is 4.79 Å². The first-order chi connectivity index (χ1) is 9.65. The molecule has 0 aliphatic carbocycles. The number of nitrogens with zero attached hydrogens (tertiary/aromatic N) is 2. The molecule has 4 unspecified atom stereocenters. The number of amides is 1. The van der Waals surface area contributed by atoms with Crippen LogP contribution in [0.5, 0.6) is 0 Å². The van der Waals surface area contributed by atoms with Crippen molar-refractivity contribution in [3.8, 4) is 0 Å². The van der Waals surface area contributed by atoms with E-state index in [1.165, 1.54) is 25.8 Å². The third-order valence-electron chi connectivity index (χ3n) is 5.44. The molecule has 0 spiro atoms. The Morgan fingerprint density at radius 3 is 2.80 bits per heavy atom. The van der Waals surface area contributed by atoms with Crippen molar-refractivity contribution in [2.45, 2.75) is 64.1 Å². The van der Waals surface area contributed by atoms with E-state index in [1.807, 2.05) is 0 Å². The zero-order valence-corrected chi connectivity index (χ0v) is 13.0. The lowest BCUT2D eigenvalue weighted by molar-refractivity contribution is -0.143. The molecule has 4 nitrogen and oxygen atoms in total. The third kappa shape index (κ3) is 2.86. The van der Waals surface area contributed by atoms with Gasteiger partial charge in [-0.05, 0) is 52.6 Å². The van der Waals surface area contributed by atoms with Crippen LogP contribution in [0, 0.1) is 5.92 Å². The number of fused-ring (bicyclic) bond motifs is 1. The molecular weight excluding hydrogens is 250 g/mol. The maximum atomic E-state index is 12.9. The SMILES string of the molecule is CC1CC(C(=O)N2CC3CCCCN3CC2C)CCN1. The summed E-state index contributed by atoms with van der Waals surface area (Å²) in [5.41, 5.74) is 0. The number of piperidine rings is 2. The average molecular weight is 279 g/mol. The van der Waals surface area contributed by atoms with Gasteiger partial charge in [0.05, 0.1) is 0 Å². The van der Waals surface area contributed by atoms with Crippen LogP contribution in [-0.4, -0.2) is 60.0 Å². The monoisotopic (exact) mass is 279 g/mol. The molecule has 0 aromatic heterocycles. The van der Waals surface area contributed by atoms with Gasteiger partial charge in [-0.25, -0.2) is 0 Å². The Bertz CT molecular complexity index is 360. The summed E-state index contributed by atoms with van der Waals surface area (Å²) in [7, 11) is 0. The van der Waals surface area contributed by atoms with Crippen LogP contribution in [0.2, 0.25) is 0 Å². The Morgan fingerprint density at radius 2 is 2.00 bits per heavy atom. The Morgan fingerprint density at radius 1 is 1.15 bits per heavy atom. The molecule has 0 saturated carbocycles. The first-order valence-electron chi connectivity index (χ1n) is 8.43. The minimum atomic E-state index is 0.254. The van der Waals surface area contributed by atoms with Crippen molar-refractivity contribution >= 4 is 5.91 Å². The first kappa shape index (κ1) is 14.3. The molecule has 3 aliphatic rings. The van der Waals surface area contributed by atoms with Gasteiger partial charge in [0, 0.05) is 37.1 Å². The quantitative estimate of drug-likeness (QED) is 0.789. The normalized spacial score (nSPS) is 39.4. The van der Waals surface area contributed by atoms with E-state index in [9.17, 15) is 4.79 Å². The van der Waals surface area contributed by atoms with Crippen molar-refractivity contribution in [1.82, 2.24) is 15.1 Å². The maximum absolute atomic E-state index is 12.9. The van der Waals surface area contributed by atoms with Crippen LogP contribution in [0.3, 0.4) is 0 Å². The number of hydrogen-bond donors (Lipinski definition) is 1. The molecule has 1 amide bonds. The molecule has 3 fully saturated rings. The fraction of sp³-hybridized carbons (Fsp3) is 0.938. The molecule has 4 heteroatoms. The molecule has 1 N–H and O–H groups in total. The van der Waals surface area contributed by atoms with E-state index in [1.54, 1.807) is 0 Å². The van der Waals surface area contributed by atoms with Crippen molar-refractivity contribution in [3.05, 3.63) is 0 Å². The summed E-state index contributed by atoms with van der Waals surface area (Å²) in [6, 6.07) is 1.51. The molecule has 3 heterocycles. The summed E-state index contributed by atoms with van der Waals surface area (Å²) in [6.07, 6.45) is 5.97. The number of carbonyl (C=O) groups excluding carboxylic acids is 1. The zero-order chi connectivity index (χ0) is 14.1. The molecule has 4 atom stereocenters. The number of hydrogen-bond acceptors (Lipinski definition) is 3. The van der Waals surface area contributed by atoms with Crippen LogP contribution >= 0.6 is 0 Å². The topological polar surface area (TPSA) is 35.6 Å². The highest BCUT2D eigenvalue weighted by Crippen LogP contribution is 2.27. The molecule has 20 heavy (non-hydrogen) atoms. The minimum absolute atomic E-state index is 0.254. The van der Waals surface area contributed by atoms with Crippen molar-refractivity contribution in [2.24, 2.45) is 5.92 Å². The number of piperazine rings is 1. The second-order valence-corrected chi connectivity index (χ2v) is 7.06. The standard InChI is InChI=1S/C16H29N3O/c1-12-9-14(6-7-17-12)16(20)19-11-15-5-3-4-8-18(15)10-13(19)2/h12-15,17H,3-11H2,1-2H3. The highest BCUT2D eigenvalue weighted by atomic mass is 16.2. The van der Waals surface area contributed by atoms with Crippen molar-refractivity contribution in [2.75, 3.05) is 26.2 Å². The van der Waals surface area contributed by atoms with Crippen LogP contribution in [0.25, 0.3) is 0 Å². The number of nitrogens with one attached hydrogen (secondary N) is 1. The van der Waals surface area contributed by atoms with Gasteiger partial charge in [-0.15, -0.1) is 0 Å². The summed E-state index contributed by atoms with van der Waals surface area (Å²) < 4.78 is 0. The van der Waals surface area contributed by atoms with Crippen LogP contribution < -0.4 is 5.32 Å². The molecule has 3 rings (SSSR count). The zero-order valence-electron chi connectivity index (χ0n) is 13.0. The second kappa shape index (κ2) is 6.02. The lowest BCUT2D eigenvalue weighted by Gasteiger charge is -2.48. The van der Waals surface area contributed by atoms with Gasteiger partial charge < -0.3 is 10.2 Å². The summed E-state index contributed by atoms with van der Waals surface area (Å²) in [4.78, 5) is 17.7. The van der Waals surface area contributed by atoms with Gasteiger partial charge in [0.15, 0.2) is 0 Å². The number of carbonyl (C=O) groups is 1. The fourth-order valence-corrected chi connectivity index (χ4v) is 4.25. The summed E-state index contributed by atoms with van der Waals surface area (Å²) in [5, 5.41) is 3.45. The smallest absolute Gasteiger partial charge is 0.226 e. The van der Waals surface area contributed by atoms with Gasteiger partial charge in [-0.1, -0.05) is 6.42 Å². The van der Waals surface area contributed by atoms with E-state index >= 15 is 0 Å². The highest BCUT2D eigenvalue weighted by Gasteiger charge is 2.38. The lowest BCUT2D eigenvalue weighted by Crippen LogP contribution is -2.61. The van der Waals surface area contributed by atoms with E-state index in [-0.39, 0.29) is 5.92 Å². The van der Waals surface area contributed by atoms with Gasteiger partial charge in [0.1, 0.15) is 0 Å². The second-order valence-electron chi connectivity index (χ2n) is 7.06. The molecular formula is C16H29N3O. The molecule has 114 valence electrons. The van der Waals surface area contributed by atoms with E-state index in [4.69, 9.17) is 0 Å².